The van der Waals surface area contributed by atoms with Crippen molar-refractivity contribution >= 4 is 34.2 Å². The zero-order valence-corrected chi connectivity index (χ0v) is 12.5. The van der Waals surface area contributed by atoms with Crippen LogP contribution in [0.1, 0.15) is 25.5 Å². The van der Waals surface area contributed by atoms with Crippen LogP contribution < -0.4 is 5.32 Å². The van der Waals surface area contributed by atoms with Gasteiger partial charge in [-0.15, -0.1) is 0 Å². The molecule has 0 heterocycles. The van der Waals surface area contributed by atoms with Crippen LogP contribution in [0.3, 0.4) is 0 Å². The average Bonchev–Trinajstić information content (AvgIpc) is 2.28. The molecule has 0 saturated heterocycles. The third-order valence-corrected chi connectivity index (χ3v) is 3.86. The van der Waals surface area contributed by atoms with Gasteiger partial charge in [0.25, 0.3) is 0 Å². The van der Waals surface area contributed by atoms with Crippen molar-refractivity contribution in [2.45, 2.75) is 19.9 Å². The number of hydrogen-bond donors (Lipinski definition) is 1. The van der Waals surface area contributed by atoms with E-state index in [4.69, 9.17) is 16.3 Å². The number of hydrogen-bond acceptors (Lipinski definition) is 2. The van der Waals surface area contributed by atoms with Gasteiger partial charge in [-0.3, -0.25) is 0 Å². The van der Waals surface area contributed by atoms with Crippen molar-refractivity contribution < 1.29 is 4.74 Å². The minimum Gasteiger partial charge on any atom is -0.380 e. The summed E-state index contributed by atoms with van der Waals surface area (Å²) >= 11 is 8.35. The number of likely N-dealkylation sites (N-methyl/N-ethyl adjacent to an activating group) is 1. The maximum atomic E-state index is 6.12. The largest absolute Gasteiger partial charge is 0.380 e. The molecule has 0 aliphatic rings. The van der Waals surface area contributed by atoms with Crippen molar-refractivity contribution in [2.24, 2.45) is 0 Å². The number of ether oxygens (including phenoxy) is 1. The van der Waals surface area contributed by atoms with Crippen LogP contribution in [0.5, 0.6) is 0 Å². The molecule has 1 N–H and O–H groups in total. The van der Waals surface area contributed by atoms with Crippen LogP contribution in [-0.4, -0.2) is 19.8 Å². The van der Waals surface area contributed by atoms with Gasteiger partial charge in [-0.2, -0.15) is 0 Å². The fourth-order valence-corrected chi connectivity index (χ4v) is 2.01. The molecule has 1 rings (SSSR count). The molecule has 0 radical (unpaired) electrons. The summed E-state index contributed by atoms with van der Waals surface area (Å²) < 4.78 is 6.54. The summed E-state index contributed by atoms with van der Waals surface area (Å²) in [6, 6.07) is 6.36. The van der Waals surface area contributed by atoms with E-state index in [0.717, 1.165) is 21.7 Å². The van der Waals surface area contributed by atoms with E-state index < -0.39 is 0 Å². The van der Waals surface area contributed by atoms with Crippen LogP contribution >= 0.6 is 34.2 Å². The predicted octanol–water partition coefficient (Wildman–Crippen LogP) is 3.63. The highest BCUT2D eigenvalue weighted by Crippen LogP contribution is 2.23. The third-order valence-electron chi connectivity index (χ3n) is 2.29. The first-order valence-corrected chi connectivity index (χ1v) is 6.90. The zero-order chi connectivity index (χ0) is 12.0. The molecule has 1 aromatic rings. The second kappa shape index (κ2) is 7.48. The van der Waals surface area contributed by atoms with Crippen molar-refractivity contribution in [2.75, 3.05) is 19.8 Å². The standard InChI is InChI=1S/C12H17ClINO/c1-3-15-12(8-16-4-2)9-5-6-11(14)10(13)7-9/h5-7,12,15H,3-4,8H2,1-2H3. The minimum atomic E-state index is 0.222. The second-order valence-electron chi connectivity index (χ2n) is 3.44. The van der Waals surface area contributed by atoms with Gasteiger partial charge in [-0.1, -0.05) is 24.6 Å². The molecule has 0 aliphatic carbocycles. The highest BCUT2D eigenvalue weighted by molar-refractivity contribution is 14.1. The van der Waals surface area contributed by atoms with Crippen LogP contribution in [0.15, 0.2) is 18.2 Å². The summed E-state index contributed by atoms with van der Waals surface area (Å²) in [5.41, 5.74) is 1.18. The van der Waals surface area contributed by atoms with Gasteiger partial charge in [-0.25, -0.2) is 0 Å². The summed E-state index contributed by atoms with van der Waals surface area (Å²) in [6.45, 7) is 6.43. The van der Waals surface area contributed by atoms with E-state index in [2.05, 4.69) is 40.9 Å². The second-order valence-corrected chi connectivity index (χ2v) is 5.01. The van der Waals surface area contributed by atoms with Gasteiger partial charge in [0.15, 0.2) is 0 Å². The van der Waals surface area contributed by atoms with Crippen molar-refractivity contribution in [3.63, 3.8) is 0 Å². The van der Waals surface area contributed by atoms with E-state index in [9.17, 15) is 0 Å². The number of nitrogens with one attached hydrogen (secondary N) is 1. The Morgan fingerprint density at radius 2 is 2.19 bits per heavy atom. The van der Waals surface area contributed by atoms with Crippen molar-refractivity contribution in [3.05, 3.63) is 32.4 Å². The van der Waals surface area contributed by atoms with E-state index in [0.29, 0.717) is 6.61 Å². The monoisotopic (exact) mass is 353 g/mol. The summed E-state index contributed by atoms with van der Waals surface area (Å²) in [7, 11) is 0. The first-order valence-electron chi connectivity index (χ1n) is 5.45. The molecule has 1 aromatic carbocycles. The molecule has 0 spiro atoms. The number of halogens is 2. The van der Waals surface area contributed by atoms with Gasteiger partial charge >= 0.3 is 0 Å². The Morgan fingerprint density at radius 1 is 1.44 bits per heavy atom. The molecule has 1 atom stereocenters. The summed E-state index contributed by atoms with van der Waals surface area (Å²) in [6.07, 6.45) is 0. The van der Waals surface area contributed by atoms with E-state index >= 15 is 0 Å². The third kappa shape index (κ3) is 4.20. The highest BCUT2D eigenvalue weighted by Gasteiger charge is 2.11. The smallest absolute Gasteiger partial charge is 0.0661 e. The maximum absolute atomic E-state index is 6.12. The summed E-state index contributed by atoms with van der Waals surface area (Å²) in [5.74, 6) is 0. The Morgan fingerprint density at radius 3 is 2.75 bits per heavy atom. The van der Waals surface area contributed by atoms with Crippen LogP contribution in [0.2, 0.25) is 5.02 Å². The van der Waals surface area contributed by atoms with Gasteiger partial charge < -0.3 is 10.1 Å². The molecule has 0 aromatic heterocycles. The lowest BCUT2D eigenvalue weighted by atomic mass is 10.1. The number of benzene rings is 1. The van der Waals surface area contributed by atoms with Crippen molar-refractivity contribution in [1.82, 2.24) is 5.32 Å². The topological polar surface area (TPSA) is 21.3 Å². The first-order chi connectivity index (χ1) is 7.69. The van der Waals surface area contributed by atoms with Crippen LogP contribution in [-0.2, 0) is 4.74 Å². The van der Waals surface area contributed by atoms with Gasteiger partial charge in [0.2, 0.25) is 0 Å². The lowest BCUT2D eigenvalue weighted by Crippen LogP contribution is -2.25. The fraction of sp³-hybridized carbons (Fsp3) is 0.500. The molecular weight excluding hydrogens is 336 g/mol. The molecule has 0 fully saturated rings. The van der Waals surface area contributed by atoms with E-state index in [1.54, 1.807) is 0 Å². The molecule has 2 nitrogen and oxygen atoms in total. The Labute approximate surface area is 116 Å². The van der Waals surface area contributed by atoms with Crippen LogP contribution in [0.25, 0.3) is 0 Å². The fourth-order valence-electron chi connectivity index (χ4n) is 1.48. The van der Waals surface area contributed by atoms with Crippen LogP contribution in [0.4, 0.5) is 0 Å². The Balaban J connectivity index is 2.78. The summed E-state index contributed by atoms with van der Waals surface area (Å²) in [5, 5.41) is 4.20. The average molecular weight is 354 g/mol. The molecule has 16 heavy (non-hydrogen) atoms. The van der Waals surface area contributed by atoms with E-state index in [1.807, 2.05) is 19.1 Å². The van der Waals surface area contributed by atoms with E-state index in [1.165, 1.54) is 5.56 Å². The molecule has 0 saturated carbocycles. The Kier molecular flexibility index (Phi) is 6.65. The lowest BCUT2D eigenvalue weighted by Gasteiger charge is -2.18. The summed E-state index contributed by atoms with van der Waals surface area (Å²) in [4.78, 5) is 0. The molecule has 0 amide bonds. The van der Waals surface area contributed by atoms with Gasteiger partial charge in [0, 0.05) is 10.2 Å². The first kappa shape index (κ1) is 14.2. The number of rotatable bonds is 6. The molecule has 0 bridgehead atoms. The molecule has 1 unspecified atom stereocenters. The van der Waals surface area contributed by atoms with Crippen molar-refractivity contribution in [1.29, 1.82) is 0 Å². The Hall–Kier alpha value is 0.160. The zero-order valence-electron chi connectivity index (χ0n) is 9.59. The molecule has 4 heteroatoms. The quantitative estimate of drug-likeness (QED) is 0.789. The van der Waals surface area contributed by atoms with Crippen LogP contribution in [0, 0.1) is 3.57 Å². The molecule has 90 valence electrons. The van der Waals surface area contributed by atoms with Gasteiger partial charge in [0.1, 0.15) is 0 Å². The van der Waals surface area contributed by atoms with Gasteiger partial charge in [0.05, 0.1) is 17.7 Å². The Bertz CT molecular complexity index is 333. The predicted molar refractivity (Wildman–Crippen MR) is 77.1 cm³/mol. The van der Waals surface area contributed by atoms with Crippen molar-refractivity contribution in [3.8, 4) is 0 Å². The minimum absolute atomic E-state index is 0.222. The van der Waals surface area contributed by atoms with Gasteiger partial charge in [-0.05, 0) is 53.8 Å². The highest BCUT2D eigenvalue weighted by atomic mass is 127. The maximum Gasteiger partial charge on any atom is 0.0661 e. The SMILES string of the molecule is CCNC(COCC)c1ccc(I)c(Cl)c1. The molecular formula is C12H17ClINO. The normalized spacial score (nSPS) is 12.8. The van der Waals surface area contributed by atoms with E-state index in [-0.39, 0.29) is 6.04 Å². The molecule has 0 aliphatic heterocycles. The lowest BCUT2D eigenvalue weighted by molar-refractivity contribution is 0.123.